The van der Waals surface area contributed by atoms with E-state index in [1.165, 1.54) is 5.56 Å². The molecular formula is C18H26N2O2. The number of rotatable bonds is 6. The Morgan fingerprint density at radius 1 is 1.14 bits per heavy atom. The van der Waals surface area contributed by atoms with Gasteiger partial charge in [-0.25, -0.2) is 0 Å². The number of aryl methyl sites for hydroxylation is 1. The van der Waals surface area contributed by atoms with Crippen LogP contribution in [0.5, 0.6) is 0 Å². The fourth-order valence-electron chi connectivity index (χ4n) is 3.03. The number of fused-ring (bicyclic) bond motifs is 1. The standard InChI is InChI=1S/C18H26N2O2/c1-3-11-19(12-4-2)17(21)14-18(22)20-13-7-9-15-8-5-6-10-16(15)20/h5-6,8,10H,3-4,7,9,11-14H2,1-2H3. The number of anilines is 1. The minimum absolute atomic E-state index is 0.0195. The summed E-state index contributed by atoms with van der Waals surface area (Å²) in [5.41, 5.74) is 2.18. The van der Waals surface area contributed by atoms with Crippen LogP contribution in [0.25, 0.3) is 0 Å². The van der Waals surface area contributed by atoms with Crippen LogP contribution in [-0.2, 0) is 16.0 Å². The van der Waals surface area contributed by atoms with Crippen LogP contribution in [-0.4, -0.2) is 36.3 Å². The average Bonchev–Trinajstić information content (AvgIpc) is 2.54. The molecule has 2 rings (SSSR count). The van der Waals surface area contributed by atoms with Gasteiger partial charge in [0.15, 0.2) is 0 Å². The van der Waals surface area contributed by atoms with Crippen molar-refractivity contribution in [2.24, 2.45) is 0 Å². The van der Waals surface area contributed by atoms with Gasteiger partial charge in [-0.3, -0.25) is 9.59 Å². The topological polar surface area (TPSA) is 40.6 Å². The third-order valence-electron chi connectivity index (χ3n) is 4.05. The molecular weight excluding hydrogens is 276 g/mol. The molecule has 0 unspecified atom stereocenters. The first kappa shape index (κ1) is 16.5. The largest absolute Gasteiger partial charge is 0.342 e. The van der Waals surface area contributed by atoms with E-state index in [1.807, 2.05) is 23.1 Å². The molecule has 1 aliphatic rings. The van der Waals surface area contributed by atoms with Crippen molar-refractivity contribution in [3.8, 4) is 0 Å². The Morgan fingerprint density at radius 3 is 2.50 bits per heavy atom. The summed E-state index contributed by atoms with van der Waals surface area (Å²) < 4.78 is 0. The lowest BCUT2D eigenvalue weighted by atomic mass is 10.0. The van der Waals surface area contributed by atoms with Crippen LogP contribution in [0.3, 0.4) is 0 Å². The highest BCUT2D eigenvalue weighted by molar-refractivity contribution is 6.05. The van der Waals surface area contributed by atoms with Gasteiger partial charge in [-0.05, 0) is 37.3 Å². The molecule has 1 aromatic rings. The Hall–Kier alpha value is -1.84. The van der Waals surface area contributed by atoms with Gasteiger partial charge in [-0.2, -0.15) is 0 Å². The number of carbonyl (C=O) groups is 2. The second kappa shape index (κ2) is 7.97. The maximum absolute atomic E-state index is 12.6. The molecule has 0 saturated heterocycles. The second-order valence-electron chi connectivity index (χ2n) is 5.84. The molecule has 120 valence electrons. The van der Waals surface area contributed by atoms with Gasteiger partial charge in [-0.15, -0.1) is 0 Å². The van der Waals surface area contributed by atoms with Gasteiger partial charge in [0.2, 0.25) is 11.8 Å². The molecule has 0 aliphatic carbocycles. The summed E-state index contributed by atoms with van der Waals surface area (Å²) in [6, 6.07) is 8.00. The van der Waals surface area contributed by atoms with Gasteiger partial charge in [0.1, 0.15) is 6.42 Å². The molecule has 0 atom stereocenters. The Balaban J connectivity index is 2.05. The lowest BCUT2D eigenvalue weighted by Crippen LogP contribution is -2.40. The number of amides is 2. The molecule has 0 radical (unpaired) electrons. The van der Waals surface area contributed by atoms with E-state index >= 15 is 0 Å². The molecule has 4 heteroatoms. The Bertz CT molecular complexity index is 522. The maximum atomic E-state index is 12.6. The summed E-state index contributed by atoms with van der Waals surface area (Å²) in [7, 11) is 0. The molecule has 1 aliphatic heterocycles. The van der Waals surface area contributed by atoms with Gasteiger partial charge in [-0.1, -0.05) is 32.0 Å². The molecule has 0 spiro atoms. The van der Waals surface area contributed by atoms with Crippen LogP contribution < -0.4 is 4.90 Å². The molecule has 0 bridgehead atoms. The molecule has 1 aromatic carbocycles. The quantitative estimate of drug-likeness (QED) is 0.758. The van der Waals surface area contributed by atoms with Crippen molar-refractivity contribution in [3.05, 3.63) is 29.8 Å². The molecule has 22 heavy (non-hydrogen) atoms. The van der Waals surface area contributed by atoms with Gasteiger partial charge >= 0.3 is 0 Å². The molecule has 0 N–H and O–H groups in total. The highest BCUT2D eigenvalue weighted by Gasteiger charge is 2.25. The number of nitrogens with zero attached hydrogens (tertiary/aromatic N) is 2. The van der Waals surface area contributed by atoms with E-state index in [0.717, 1.165) is 44.5 Å². The normalized spacial score (nSPS) is 13.6. The molecule has 0 aromatic heterocycles. The first-order valence-electron chi connectivity index (χ1n) is 8.33. The van der Waals surface area contributed by atoms with Crippen molar-refractivity contribution >= 4 is 17.5 Å². The fourth-order valence-corrected chi connectivity index (χ4v) is 3.03. The number of hydrogen-bond acceptors (Lipinski definition) is 2. The zero-order valence-electron chi connectivity index (χ0n) is 13.7. The average molecular weight is 302 g/mol. The van der Waals surface area contributed by atoms with Crippen molar-refractivity contribution in [1.29, 1.82) is 0 Å². The third kappa shape index (κ3) is 3.87. The highest BCUT2D eigenvalue weighted by Crippen LogP contribution is 2.27. The lowest BCUT2D eigenvalue weighted by molar-refractivity contribution is -0.135. The van der Waals surface area contributed by atoms with Crippen LogP contribution in [0.1, 0.15) is 45.1 Å². The van der Waals surface area contributed by atoms with Gasteiger partial charge in [0.05, 0.1) is 0 Å². The Labute approximate surface area is 133 Å². The van der Waals surface area contributed by atoms with E-state index in [1.54, 1.807) is 4.90 Å². The predicted octanol–water partition coefficient (Wildman–Crippen LogP) is 3.00. The van der Waals surface area contributed by atoms with E-state index < -0.39 is 0 Å². The SMILES string of the molecule is CCCN(CCC)C(=O)CC(=O)N1CCCc2ccccc21. The van der Waals surface area contributed by atoms with Crippen LogP contribution in [0, 0.1) is 0 Å². The molecule has 0 saturated carbocycles. The predicted molar refractivity (Wildman–Crippen MR) is 88.9 cm³/mol. The summed E-state index contributed by atoms with van der Waals surface area (Å²) in [4.78, 5) is 28.5. The highest BCUT2D eigenvalue weighted by atomic mass is 16.2. The number of carbonyl (C=O) groups excluding carboxylic acids is 2. The van der Waals surface area contributed by atoms with Gasteiger partial charge in [0, 0.05) is 25.3 Å². The summed E-state index contributed by atoms with van der Waals surface area (Å²) in [5, 5.41) is 0. The van der Waals surface area contributed by atoms with Crippen LogP contribution in [0.15, 0.2) is 24.3 Å². The van der Waals surface area contributed by atoms with Gasteiger partial charge < -0.3 is 9.80 Å². The zero-order valence-corrected chi connectivity index (χ0v) is 13.7. The number of hydrogen-bond donors (Lipinski definition) is 0. The van der Waals surface area contributed by atoms with Crippen molar-refractivity contribution in [1.82, 2.24) is 4.90 Å². The maximum Gasteiger partial charge on any atom is 0.236 e. The summed E-state index contributed by atoms with van der Waals surface area (Å²) in [6.45, 7) is 6.29. The molecule has 1 heterocycles. The zero-order chi connectivity index (χ0) is 15.9. The molecule has 2 amide bonds. The smallest absolute Gasteiger partial charge is 0.236 e. The third-order valence-corrected chi connectivity index (χ3v) is 4.05. The summed E-state index contributed by atoms with van der Waals surface area (Å²) >= 11 is 0. The minimum Gasteiger partial charge on any atom is -0.342 e. The van der Waals surface area contributed by atoms with E-state index in [4.69, 9.17) is 0 Å². The Kier molecular flexibility index (Phi) is 5.99. The minimum atomic E-state index is -0.0747. The van der Waals surface area contributed by atoms with E-state index in [2.05, 4.69) is 19.9 Å². The van der Waals surface area contributed by atoms with Crippen molar-refractivity contribution in [3.63, 3.8) is 0 Å². The monoisotopic (exact) mass is 302 g/mol. The van der Waals surface area contributed by atoms with Crippen molar-refractivity contribution in [2.45, 2.75) is 46.0 Å². The number of benzene rings is 1. The van der Waals surface area contributed by atoms with E-state index in [-0.39, 0.29) is 18.2 Å². The van der Waals surface area contributed by atoms with Gasteiger partial charge in [0.25, 0.3) is 0 Å². The second-order valence-corrected chi connectivity index (χ2v) is 5.84. The molecule has 4 nitrogen and oxygen atoms in total. The van der Waals surface area contributed by atoms with E-state index in [9.17, 15) is 9.59 Å². The van der Waals surface area contributed by atoms with Crippen LogP contribution >= 0.6 is 0 Å². The van der Waals surface area contributed by atoms with Crippen molar-refractivity contribution < 1.29 is 9.59 Å². The summed E-state index contributed by atoms with van der Waals surface area (Å²) in [5.74, 6) is -0.119. The van der Waals surface area contributed by atoms with Crippen LogP contribution in [0.2, 0.25) is 0 Å². The summed E-state index contributed by atoms with van der Waals surface area (Å²) in [6.07, 6.45) is 3.80. The molecule has 0 fully saturated rings. The number of para-hydroxylation sites is 1. The van der Waals surface area contributed by atoms with E-state index in [0.29, 0.717) is 6.54 Å². The van der Waals surface area contributed by atoms with Crippen LogP contribution in [0.4, 0.5) is 5.69 Å². The first-order chi connectivity index (χ1) is 10.7. The fraction of sp³-hybridized carbons (Fsp3) is 0.556. The Morgan fingerprint density at radius 2 is 1.82 bits per heavy atom. The van der Waals surface area contributed by atoms with Crippen molar-refractivity contribution in [2.75, 3.05) is 24.5 Å². The lowest BCUT2D eigenvalue weighted by Gasteiger charge is -2.30. The first-order valence-corrected chi connectivity index (χ1v) is 8.33.